The SMILES string of the molecule is CCC1(CO)CCN(C(=O)C(=O)c2ccc(C)cc2)CC1. The summed E-state index contributed by atoms with van der Waals surface area (Å²) in [7, 11) is 0. The number of benzene rings is 1. The number of amides is 1. The Bertz CT molecular complexity index is 507. The maximum absolute atomic E-state index is 12.3. The molecule has 0 aliphatic carbocycles. The number of carbonyl (C=O) groups is 2. The van der Waals surface area contributed by atoms with Crippen molar-refractivity contribution in [2.24, 2.45) is 5.41 Å². The number of likely N-dealkylation sites (tertiary alicyclic amines) is 1. The van der Waals surface area contributed by atoms with Gasteiger partial charge >= 0.3 is 0 Å². The molecule has 0 unspecified atom stereocenters. The predicted molar refractivity (Wildman–Crippen MR) is 81.1 cm³/mol. The lowest BCUT2D eigenvalue weighted by molar-refractivity contribution is -0.129. The van der Waals surface area contributed by atoms with Gasteiger partial charge in [0.25, 0.3) is 5.91 Å². The molecule has 0 spiro atoms. The van der Waals surface area contributed by atoms with Gasteiger partial charge in [0.05, 0.1) is 0 Å². The minimum absolute atomic E-state index is 0.0797. The first-order valence-electron chi connectivity index (χ1n) is 7.52. The summed E-state index contributed by atoms with van der Waals surface area (Å²) in [5.74, 6) is -0.871. The van der Waals surface area contributed by atoms with Crippen molar-refractivity contribution in [2.45, 2.75) is 33.1 Å². The number of nitrogens with zero attached hydrogens (tertiary/aromatic N) is 1. The molecule has 4 heteroatoms. The van der Waals surface area contributed by atoms with E-state index in [0.29, 0.717) is 18.7 Å². The van der Waals surface area contributed by atoms with E-state index in [0.717, 1.165) is 24.8 Å². The van der Waals surface area contributed by atoms with Crippen LogP contribution in [0.3, 0.4) is 0 Å². The highest BCUT2D eigenvalue weighted by atomic mass is 16.3. The summed E-state index contributed by atoms with van der Waals surface area (Å²) in [4.78, 5) is 26.1. The highest BCUT2D eigenvalue weighted by molar-refractivity contribution is 6.42. The van der Waals surface area contributed by atoms with Crippen molar-refractivity contribution >= 4 is 11.7 Å². The van der Waals surface area contributed by atoms with Gasteiger partial charge in [-0.1, -0.05) is 36.8 Å². The van der Waals surface area contributed by atoms with Crippen LogP contribution in [0.1, 0.15) is 42.1 Å². The number of piperidine rings is 1. The monoisotopic (exact) mass is 289 g/mol. The van der Waals surface area contributed by atoms with Gasteiger partial charge in [-0.2, -0.15) is 0 Å². The van der Waals surface area contributed by atoms with Crippen molar-refractivity contribution in [1.82, 2.24) is 4.90 Å². The van der Waals surface area contributed by atoms with Crippen molar-refractivity contribution < 1.29 is 14.7 Å². The number of aliphatic hydroxyl groups is 1. The van der Waals surface area contributed by atoms with Gasteiger partial charge in [-0.25, -0.2) is 0 Å². The molecule has 1 aliphatic heterocycles. The Labute approximate surface area is 125 Å². The third-order valence-corrected chi connectivity index (χ3v) is 4.70. The van der Waals surface area contributed by atoms with Gasteiger partial charge < -0.3 is 10.0 Å². The first-order valence-corrected chi connectivity index (χ1v) is 7.52. The van der Waals surface area contributed by atoms with Crippen LogP contribution in [0.25, 0.3) is 0 Å². The fraction of sp³-hybridized carbons (Fsp3) is 0.529. The summed E-state index contributed by atoms with van der Waals surface area (Å²) in [5, 5.41) is 9.51. The number of Topliss-reactive ketones (excluding diaryl/α,β-unsaturated/α-hetero) is 1. The predicted octanol–water partition coefficient (Wildman–Crippen LogP) is 2.19. The van der Waals surface area contributed by atoms with Crippen molar-refractivity contribution in [2.75, 3.05) is 19.7 Å². The molecule has 1 aromatic carbocycles. The Morgan fingerprint density at radius 1 is 1.19 bits per heavy atom. The van der Waals surface area contributed by atoms with Crippen molar-refractivity contribution in [3.8, 4) is 0 Å². The van der Waals surface area contributed by atoms with Gasteiger partial charge in [-0.15, -0.1) is 0 Å². The molecule has 0 atom stereocenters. The number of carbonyl (C=O) groups excluding carboxylic acids is 2. The van der Waals surface area contributed by atoms with E-state index in [9.17, 15) is 14.7 Å². The van der Waals surface area contributed by atoms with E-state index in [1.807, 2.05) is 19.1 Å². The maximum Gasteiger partial charge on any atom is 0.294 e. The highest BCUT2D eigenvalue weighted by Gasteiger charge is 2.35. The summed E-state index contributed by atoms with van der Waals surface area (Å²) in [6, 6.07) is 7.07. The van der Waals surface area contributed by atoms with E-state index >= 15 is 0 Å². The smallest absolute Gasteiger partial charge is 0.294 e. The molecule has 1 aromatic rings. The Kier molecular flexibility index (Phi) is 4.78. The molecule has 114 valence electrons. The first kappa shape index (κ1) is 15.7. The third kappa shape index (κ3) is 3.32. The molecule has 1 saturated heterocycles. The van der Waals surface area contributed by atoms with Crippen LogP contribution in [0.2, 0.25) is 0 Å². The topological polar surface area (TPSA) is 57.6 Å². The van der Waals surface area contributed by atoms with E-state index in [1.54, 1.807) is 17.0 Å². The molecule has 0 radical (unpaired) electrons. The Hall–Kier alpha value is -1.68. The first-order chi connectivity index (χ1) is 10.0. The van der Waals surface area contributed by atoms with Crippen molar-refractivity contribution in [3.63, 3.8) is 0 Å². The molecule has 1 heterocycles. The molecule has 1 aliphatic rings. The van der Waals surface area contributed by atoms with Gasteiger partial charge in [-0.05, 0) is 31.6 Å². The highest BCUT2D eigenvalue weighted by Crippen LogP contribution is 2.34. The van der Waals surface area contributed by atoms with Gasteiger partial charge in [0.1, 0.15) is 0 Å². The second-order valence-corrected chi connectivity index (χ2v) is 6.00. The van der Waals surface area contributed by atoms with E-state index in [1.165, 1.54) is 0 Å². The summed E-state index contributed by atoms with van der Waals surface area (Å²) >= 11 is 0. The minimum atomic E-state index is -0.442. The van der Waals surface area contributed by atoms with Gasteiger partial charge in [0, 0.05) is 25.3 Å². The number of aryl methyl sites for hydroxylation is 1. The lowest BCUT2D eigenvalue weighted by Gasteiger charge is -2.39. The van der Waals surface area contributed by atoms with E-state index in [4.69, 9.17) is 0 Å². The van der Waals surface area contributed by atoms with Crippen LogP contribution in [0.4, 0.5) is 0 Å². The average Bonchev–Trinajstić information content (AvgIpc) is 2.54. The summed E-state index contributed by atoms with van der Waals surface area (Å²) in [5.41, 5.74) is 1.43. The summed E-state index contributed by atoms with van der Waals surface area (Å²) < 4.78 is 0. The van der Waals surface area contributed by atoms with Gasteiger partial charge in [0.15, 0.2) is 0 Å². The Morgan fingerprint density at radius 3 is 2.24 bits per heavy atom. The van der Waals surface area contributed by atoms with Crippen LogP contribution in [-0.2, 0) is 4.79 Å². The molecule has 0 aromatic heterocycles. The molecular formula is C17H23NO3. The average molecular weight is 289 g/mol. The molecule has 0 bridgehead atoms. The number of ketones is 1. The Balaban J connectivity index is 2.02. The van der Waals surface area contributed by atoms with Crippen LogP contribution < -0.4 is 0 Å². The fourth-order valence-corrected chi connectivity index (χ4v) is 2.78. The number of rotatable bonds is 4. The summed E-state index contributed by atoms with van der Waals surface area (Å²) in [6.07, 6.45) is 2.41. The molecule has 21 heavy (non-hydrogen) atoms. The quantitative estimate of drug-likeness (QED) is 0.683. The third-order valence-electron chi connectivity index (χ3n) is 4.70. The lowest BCUT2D eigenvalue weighted by atomic mass is 9.77. The normalized spacial score (nSPS) is 17.6. The molecule has 2 rings (SSSR count). The van der Waals surface area contributed by atoms with Crippen LogP contribution in [0.5, 0.6) is 0 Å². The van der Waals surface area contributed by atoms with Crippen molar-refractivity contribution in [3.05, 3.63) is 35.4 Å². The zero-order chi connectivity index (χ0) is 15.5. The summed E-state index contributed by atoms with van der Waals surface area (Å²) in [6.45, 7) is 5.25. The molecule has 0 saturated carbocycles. The van der Waals surface area contributed by atoms with Crippen LogP contribution in [0.15, 0.2) is 24.3 Å². The zero-order valence-electron chi connectivity index (χ0n) is 12.8. The fourth-order valence-electron chi connectivity index (χ4n) is 2.78. The molecular weight excluding hydrogens is 266 g/mol. The van der Waals surface area contributed by atoms with Crippen molar-refractivity contribution in [1.29, 1.82) is 0 Å². The van der Waals surface area contributed by atoms with E-state index in [2.05, 4.69) is 6.92 Å². The largest absolute Gasteiger partial charge is 0.396 e. The van der Waals surface area contributed by atoms with E-state index in [-0.39, 0.29) is 12.0 Å². The Morgan fingerprint density at radius 2 is 1.76 bits per heavy atom. The molecule has 1 fully saturated rings. The standard InChI is InChI=1S/C17H23NO3/c1-3-17(12-19)8-10-18(11-9-17)16(21)15(20)14-6-4-13(2)5-7-14/h4-7,19H,3,8-12H2,1-2H3. The maximum atomic E-state index is 12.3. The van der Waals surface area contributed by atoms with Crippen LogP contribution in [-0.4, -0.2) is 41.4 Å². The number of aliphatic hydroxyl groups excluding tert-OH is 1. The second-order valence-electron chi connectivity index (χ2n) is 6.00. The molecule has 4 nitrogen and oxygen atoms in total. The zero-order valence-corrected chi connectivity index (χ0v) is 12.8. The lowest BCUT2D eigenvalue weighted by Crippen LogP contribution is -2.46. The number of hydrogen-bond donors (Lipinski definition) is 1. The van der Waals surface area contributed by atoms with Gasteiger partial charge in [-0.3, -0.25) is 9.59 Å². The van der Waals surface area contributed by atoms with Gasteiger partial charge in [0.2, 0.25) is 5.78 Å². The number of hydrogen-bond acceptors (Lipinski definition) is 3. The molecule has 1 amide bonds. The van der Waals surface area contributed by atoms with Crippen LogP contribution in [0, 0.1) is 12.3 Å². The minimum Gasteiger partial charge on any atom is -0.396 e. The van der Waals surface area contributed by atoms with E-state index < -0.39 is 11.7 Å². The van der Waals surface area contributed by atoms with Crippen LogP contribution >= 0.6 is 0 Å². The molecule has 1 N–H and O–H groups in total. The second kappa shape index (κ2) is 6.39.